The Morgan fingerprint density at radius 3 is 2.53 bits per heavy atom. The summed E-state index contributed by atoms with van der Waals surface area (Å²) in [5, 5.41) is 10.2. The second-order valence-corrected chi connectivity index (χ2v) is 9.76. The first-order chi connectivity index (χ1) is 17.5. The molecule has 188 valence electrons. The molecule has 2 unspecified atom stereocenters. The highest BCUT2D eigenvalue weighted by atomic mass is 16.5. The van der Waals surface area contributed by atoms with Crippen LogP contribution >= 0.6 is 0 Å². The zero-order valence-electron chi connectivity index (χ0n) is 20.8. The summed E-state index contributed by atoms with van der Waals surface area (Å²) in [5.74, 6) is 2.81. The van der Waals surface area contributed by atoms with E-state index in [1.54, 1.807) is 12.1 Å². The van der Waals surface area contributed by atoms with E-state index < -0.39 is 0 Å². The lowest BCUT2D eigenvalue weighted by Gasteiger charge is -2.36. The lowest BCUT2D eigenvalue weighted by atomic mass is 10.1. The van der Waals surface area contributed by atoms with E-state index in [1.165, 1.54) is 0 Å². The SMILES string of the molecule is CC1CN(c2cc(N3CCc4c(-c5cccc(O)c5)nc(N5CCOCC5)nc43)ccn2)CC(C)O1. The van der Waals surface area contributed by atoms with Crippen molar-refractivity contribution in [3.8, 4) is 17.0 Å². The maximum Gasteiger partial charge on any atom is 0.228 e. The van der Waals surface area contributed by atoms with Crippen LogP contribution in [0, 0.1) is 0 Å². The Bertz CT molecular complexity index is 1240. The van der Waals surface area contributed by atoms with Crippen LogP contribution in [0.25, 0.3) is 11.3 Å². The Hall–Kier alpha value is -3.43. The summed E-state index contributed by atoms with van der Waals surface area (Å²) in [5.41, 5.74) is 3.95. The van der Waals surface area contributed by atoms with E-state index in [4.69, 9.17) is 19.4 Å². The van der Waals surface area contributed by atoms with Gasteiger partial charge in [-0.05, 0) is 38.5 Å². The number of phenolic OH excluding ortho intramolecular Hbond substituents is 1. The summed E-state index contributed by atoms with van der Waals surface area (Å²) in [6, 6.07) is 11.5. The van der Waals surface area contributed by atoms with E-state index in [2.05, 4.69) is 45.7 Å². The van der Waals surface area contributed by atoms with Gasteiger partial charge in [0.1, 0.15) is 17.4 Å². The topological polar surface area (TPSA) is 87.1 Å². The zero-order chi connectivity index (χ0) is 24.6. The highest BCUT2D eigenvalue weighted by Crippen LogP contribution is 2.40. The maximum atomic E-state index is 10.2. The van der Waals surface area contributed by atoms with Gasteiger partial charge in [-0.15, -0.1) is 0 Å². The highest BCUT2D eigenvalue weighted by Gasteiger charge is 2.30. The number of aromatic nitrogens is 3. The molecule has 2 saturated heterocycles. The third-order valence-corrected chi connectivity index (χ3v) is 7.01. The van der Waals surface area contributed by atoms with Crippen LogP contribution in [0.3, 0.4) is 0 Å². The van der Waals surface area contributed by atoms with Gasteiger partial charge < -0.3 is 29.3 Å². The number of pyridine rings is 1. The Morgan fingerprint density at radius 2 is 1.75 bits per heavy atom. The number of morpholine rings is 2. The average Bonchev–Trinajstić information content (AvgIpc) is 3.32. The molecule has 2 atom stereocenters. The third-order valence-electron chi connectivity index (χ3n) is 7.01. The van der Waals surface area contributed by atoms with Crippen molar-refractivity contribution in [3.05, 3.63) is 48.2 Å². The molecule has 0 spiro atoms. The highest BCUT2D eigenvalue weighted by molar-refractivity contribution is 5.78. The van der Waals surface area contributed by atoms with Gasteiger partial charge >= 0.3 is 0 Å². The van der Waals surface area contributed by atoms with E-state index in [-0.39, 0.29) is 18.0 Å². The Labute approximate surface area is 211 Å². The fourth-order valence-electron chi connectivity index (χ4n) is 5.41. The molecule has 2 aromatic heterocycles. The molecule has 1 N–H and O–H groups in total. The van der Waals surface area contributed by atoms with Crippen molar-refractivity contribution >= 4 is 23.3 Å². The molecular formula is C27H32N6O3. The molecule has 0 bridgehead atoms. The molecule has 3 aliphatic rings. The molecule has 0 radical (unpaired) electrons. The zero-order valence-corrected chi connectivity index (χ0v) is 20.8. The molecule has 3 aromatic rings. The Kier molecular flexibility index (Phi) is 6.10. The molecule has 9 nitrogen and oxygen atoms in total. The van der Waals surface area contributed by atoms with Gasteiger partial charge in [0.15, 0.2) is 0 Å². The number of nitrogens with zero attached hydrogens (tertiary/aromatic N) is 6. The molecular weight excluding hydrogens is 456 g/mol. The molecule has 0 amide bonds. The smallest absolute Gasteiger partial charge is 0.228 e. The van der Waals surface area contributed by atoms with Crippen LogP contribution in [0.4, 0.5) is 23.3 Å². The lowest BCUT2D eigenvalue weighted by molar-refractivity contribution is -0.00545. The van der Waals surface area contributed by atoms with Gasteiger partial charge in [0.05, 0.1) is 31.1 Å². The first-order valence-corrected chi connectivity index (χ1v) is 12.7. The lowest BCUT2D eigenvalue weighted by Crippen LogP contribution is -2.45. The number of anilines is 4. The molecule has 6 rings (SSSR count). The van der Waals surface area contributed by atoms with Crippen LogP contribution < -0.4 is 14.7 Å². The number of fused-ring (bicyclic) bond motifs is 1. The quantitative estimate of drug-likeness (QED) is 0.594. The van der Waals surface area contributed by atoms with E-state index in [0.29, 0.717) is 19.2 Å². The molecule has 36 heavy (non-hydrogen) atoms. The summed E-state index contributed by atoms with van der Waals surface area (Å²) in [6.07, 6.45) is 3.04. The molecule has 0 saturated carbocycles. The van der Waals surface area contributed by atoms with Gasteiger partial charge in [-0.2, -0.15) is 4.98 Å². The van der Waals surface area contributed by atoms with Crippen molar-refractivity contribution in [2.75, 3.05) is 60.6 Å². The van der Waals surface area contributed by atoms with Gasteiger partial charge in [0.25, 0.3) is 0 Å². The minimum Gasteiger partial charge on any atom is -0.508 e. The normalized spacial score (nSPS) is 22.1. The van der Waals surface area contributed by atoms with Crippen molar-refractivity contribution in [3.63, 3.8) is 0 Å². The number of benzene rings is 1. The summed E-state index contributed by atoms with van der Waals surface area (Å²) in [4.78, 5) is 21.5. The minimum absolute atomic E-state index is 0.167. The summed E-state index contributed by atoms with van der Waals surface area (Å²) >= 11 is 0. The van der Waals surface area contributed by atoms with Crippen molar-refractivity contribution in [2.24, 2.45) is 0 Å². The van der Waals surface area contributed by atoms with Crippen LogP contribution in [0.2, 0.25) is 0 Å². The first kappa shape index (κ1) is 23.0. The molecule has 1 aromatic carbocycles. The second-order valence-electron chi connectivity index (χ2n) is 9.76. The number of ether oxygens (including phenoxy) is 2. The van der Waals surface area contributed by atoms with Crippen LogP contribution in [0.5, 0.6) is 5.75 Å². The summed E-state index contributed by atoms with van der Waals surface area (Å²) in [6.45, 7) is 9.50. The minimum atomic E-state index is 0.167. The predicted octanol–water partition coefficient (Wildman–Crippen LogP) is 3.39. The largest absolute Gasteiger partial charge is 0.508 e. The van der Waals surface area contributed by atoms with Crippen LogP contribution in [-0.2, 0) is 15.9 Å². The van der Waals surface area contributed by atoms with Crippen LogP contribution in [0.1, 0.15) is 19.4 Å². The molecule has 5 heterocycles. The fourth-order valence-corrected chi connectivity index (χ4v) is 5.41. The summed E-state index contributed by atoms with van der Waals surface area (Å²) < 4.78 is 11.5. The third kappa shape index (κ3) is 4.44. The number of aromatic hydroxyl groups is 1. The van der Waals surface area contributed by atoms with Gasteiger partial charge in [-0.25, -0.2) is 9.97 Å². The van der Waals surface area contributed by atoms with E-state index in [9.17, 15) is 5.11 Å². The Balaban J connectivity index is 1.40. The molecule has 2 fully saturated rings. The van der Waals surface area contributed by atoms with E-state index >= 15 is 0 Å². The van der Waals surface area contributed by atoms with Crippen molar-refractivity contribution in [1.29, 1.82) is 0 Å². The van der Waals surface area contributed by atoms with E-state index in [0.717, 1.165) is 73.3 Å². The van der Waals surface area contributed by atoms with Crippen molar-refractivity contribution in [1.82, 2.24) is 15.0 Å². The molecule has 0 aliphatic carbocycles. The Morgan fingerprint density at radius 1 is 0.944 bits per heavy atom. The number of phenols is 1. The average molecular weight is 489 g/mol. The van der Waals surface area contributed by atoms with Crippen LogP contribution in [-0.4, -0.2) is 78.2 Å². The van der Waals surface area contributed by atoms with Gasteiger partial charge in [-0.3, -0.25) is 0 Å². The van der Waals surface area contributed by atoms with Gasteiger partial charge in [0, 0.05) is 61.8 Å². The monoisotopic (exact) mass is 488 g/mol. The van der Waals surface area contributed by atoms with Crippen LogP contribution in [0.15, 0.2) is 42.6 Å². The van der Waals surface area contributed by atoms with E-state index in [1.807, 2.05) is 18.3 Å². The molecule has 3 aliphatic heterocycles. The van der Waals surface area contributed by atoms with Crippen molar-refractivity contribution in [2.45, 2.75) is 32.5 Å². The van der Waals surface area contributed by atoms with Gasteiger partial charge in [-0.1, -0.05) is 12.1 Å². The fraction of sp³-hybridized carbons (Fsp3) is 0.444. The standard InChI is InChI=1S/C27H32N6O3/c1-18-16-32(17-19(2)36-18)24-15-21(6-8-28-24)33-9-7-23-25(20-4-3-5-22(34)14-20)29-27(30-26(23)33)31-10-12-35-13-11-31/h3-6,8,14-15,18-19,34H,7,9-13,16-17H2,1-2H3. The second kappa shape index (κ2) is 9.55. The van der Waals surface area contributed by atoms with Crippen molar-refractivity contribution < 1.29 is 14.6 Å². The van der Waals surface area contributed by atoms with Gasteiger partial charge in [0.2, 0.25) is 5.95 Å². The predicted molar refractivity (Wildman–Crippen MR) is 139 cm³/mol. The molecule has 9 heteroatoms. The number of hydrogen-bond donors (Lipinski definition) is 1. The number of hydrogen-bond acceptors (Lipinski definition) is 9. The first-order valence-electron chi connectivity index (χ1n) is 12.7. The number of rotatable bonds is 4. The maximum absolute atomic E-state index is 10.2. The summed E-state index contributed by atoms with van der Waals surface area (Å²) in [7, 11) is 0.